The minimum Gasteiger partial charge on any atom is -0.383 e. The van der Waals surface area contributed by atoms with Crippen molar-refractivity contribution in [1.29, 1.82) is 0 Å². The Morgan fingerprint density at radius 2 is 2.09 bits per heavy atom. The third-order valence-corrected chi connectivity index (χ3v) is 4.08. The highest BCUT2D eigenvalue weighted by Gasteiger charge is 2.09. The van der Waals surface area contributed by atoms with Gasteiger partial charge in [0.25, 0.3) is 0 Å². The number of benzene rings is 1. The van der Waals surface area contributed by atoms with E-state index in [4.69, 9.17) is 5.73 Å². The summed E-state index contributed by atoms with van der Waals surface area (Å²) in [6.07, 6.45) is 3.17. The number of H-pyrrole nitrogens is 1. The van der Waals surface area contributed by atoms with Crippen LogP contribution in [-0.4, -0.2) is 29.7 Å². The van der Waals surface area contributed by atoms with Gasteiger partial charge in [-0.05, 0) is 23.4 Å². The molecule has 1 aromatic carbocycles. The minimum atomic E-state index is 0.360. The molecule has 7 nitrogen and oxygen atoms in total. The Morgan fingerprint density at radius 1 is 1.22 bits per heavy atom. The SMILES string of the molecule is Cn1cnc2cc(C#Cc3n[nH]c4ncnc(N)c34)c(P)cc21. The molecule has 0 spiro atoms. The first-order valence-electron chi connectivity index (χ1n) is 6.80. The lowest BCUT2D eigenvalue weighted by molar-refractivity contribution is 0.948. The number of nitrogens with one attached hydrogen (secondary N) is 1. The van der Waals surface area contributed by atoms with E-state index in [1.54, 1.807) is 6.33 Å². The molecule has 4 aromatic rings. The number of rotatable bonds is 0. The van der Waals surface area contributed by atoms with Crippen molar-refractivity contribution >= 4 is 42.4 Å². The van der Waals surface area contributed by atoms with Crippen LogP contribution in [0.5, 0.6) is 0 Å². The van der Waals surface area contributed by atoms with Gasteiger partial charge in [0.1, 0.15) is 17.8 Å². The third-order valence-electron chi connectivity index (χ3n) is 3.60. The van der Waals surface area contributed by atoms with Gasteiger partial charge in [0, 0.05) is 12.6 Å². The fraction of sp³-hybridized carbons (Fsp3) is 0.0667. The molecular formula is C15H12N7P. The van der Waals surface area contributed by atoms with Crippen molar-refractivity contribution in [3.63, 3.8) is 0 Å². The monoisotopic (exact) mass is 321 g/mol. The van der Waals surface area contributed by atoms with Gasteiger partial charge < -0.3 is 10.3 Å². The zero-order valence-corrected chi connectivity index (χ0v) is 13.4. The molecule has 0 aliphatic heterocycles. The summed E-state index contributed by atoms with van der Waals surface area (Å²) < 4.78 is 1.97. The second-order valence-electron chi connectivity index (χ2n) is 5.09. The number of aryl methyl sites for hydroxylation is 1. The highest BCUT2D eigenvalue weighted by Crippen LogP contribution is 2.18. The lowest BCUT2D eigenvalue weighted by Gasteiger charge is -2.00. The normalized spacial score (nSPS) is 10.9. The van der Waals surface area contributed by atoms with Gasteiger partial charge in [-0.2, -0.15) is 5.10 Å². The van der Waals surface area contributed by atoms with Gasteiger partial charge in [-0.15, -0.1) is 9.24 Å². The Hall–Kier alpha value is -2.97. The van der Waals surface area contributed by atoms with Crippen LogP contribution in [-0.2, 0) is 7.05 Å². The van der Waals surface area contributed by atoms with E-state index in [1.165, 1.54) is 6.33 Å². The molecule has 0 saturated carbocycles. The molecule has 1 atom stereocenters. The first-order valence-corrected chi connectivity index (χ1v) is 7.38. The Kier molecular flexibility index (Phi) is 3.00. The van der Waals surface area contributed by atoms with Gasteiger partial charge in [-0.3, -0.25) is 5.10 Å². The highest BCUT2D eigenvalue weighted by atomic mass is 31.0. The van der Waals surface area contributed by atoms with Gasteiger partial charge in [-0.1, -0.05) is 5.92 Å². The van der Waals surface area contributed by atoms with Crippen LogP contribution in [0.25, 0.3) is 22.1 Å². The molecule has 0 aliphatic carbocycles. The fourth-order valence-corrected chi connectivity index (χ4v) is 2.71. The molecule has 1 unspecified atom stereocenters. The number of aromatic amines is 1. The van der Waals surface area contributed by atoms with Crippen molar-refractivity contribution in [3.05, 3.63) is 36.0 Å². The lowest BCUT2D eigenvalue weighted by Crippen LogP contribution is -1.99. The third kappa shape index (κ3) is 2.20. The van der Waals surface area contributed by atoms with Gasteiger partial charge in [-0.25, -0.2) is 15.0 Å². The summed E-state index contributed by atoms with van der Waals surface area (Å²) in [4.78, 5) is 12.4. The van der Waals surface area contributed by atoms with Gasteiger partial charge in [0.05, 0.1) is 22.7 Å². The summed E-state index contributed by atoms with van der Waals surface area (Å²) >= 11 is 0. The van der Waals surface area contributed by atoms with Crippen LogP contribution in [0.3, 0.4) is 0 Å². The molecule has 3 aromatic heterocycles. The summed E-state index contributed by atoms with van der Waals surface area (Å²) in [5.74, 6) is 6.52. The van der Waals surface area contributed by atoms with Gasteiger partial charge in [0.15, 0.2) is 5.65 Å². The van der Waals surface area contributed by atoms with E-state index in [1.807, 2.05) is 23.7 Å². The zero-order valence-electron chi connectivity index (χ0n) is 12.2. The second-order valence-corrected chi connectivity index (χ2v) is 5.71. The van der Waals surface area contributed by atoms with Crippen molar-refractivity contribution in [3.8, 4) is 11.8 Å². The van der Waals surface area contributed by atoms with Gasteiger partial charge >= 0.3 is 0 Å². The zero-order chi connectivity index (χ0) is 16.0. The quantitative estimate of drug-likeness (QED) is 0.367. The maximum absolute atomic E-state index is 5.88. The number of nitrogens with zero attached hydrogens (tertiary/aromatic N) is 5. The molecule has 0 radical (unpaired) electrons. The molecule has 0 amide bonds. The summed E-state index contributed by atoms with van der Waals surface area (Å²) in [5, 5.41) is 8.61. The van der Waals surface area contributed by atoms with Crippen molar-refractivity contribution in [2.24, 2.45) is 7.05 Å². The predicted molar refractivity (Wildman–Crippen MR) is 92.1 cm³/mol. The van der Waals surface area contributed by atoms with Crippen LogP contribution in [0, 0.1) is 11.8 Å². The number of fused-ring (bicyclic) bond motifs is 2. The molecule has 0 fully saturated rings. The average molecular weight is 321 g/mol. The number of hydrogen-bond donors (Lipinski definition) is 2. The van der Waals surface area contributed by atoms with Crippen LogP contribution in [0.2, 0.25) is 0 Å². The number of nitrogen functional groups attached to an aromatic ring is 1. The number of nitrogens with two attached hydrogens (primary N) is 1. The largest absolute Gasteiger partial charge is 0.383 e. The smallest absolute Gasteiger partial charge is 0.162 e. The van der Waals surface area contributed by atoms with Crippen LogP contribution in [0.4, 0.5) is 5.82 Å². The van der Waals surface area contributed by atoms with Crippen molar-refractivity contribution in [2.75, 3.05) is 5.73 Å². The van der Waals surface area contributed by atoms with E-state index in [9.17, 15) is 0 Å². The van der Waals surface area contributed by atoms with Crippen molar-refractivity contribution in [1.82, 2.24) is 29.7 Å². The first kappa shape index (κ1) is 13.7. The van der Waals surface area contributed by atoms with Gasteiger partial charge in [0.2, 0.25) is 0 Å². The maximum atomic E-state index is 5.88. The number of imidazole rings is 1. The molecule has 8 heteroatoms. The Bertz CT molecular complexity index is 1110. The Labute approximate surface area is 133 Å². The summed E-state index contributed by atoms with van der Waals surface area (Å²) in [6, 6.07) is 4.00. The average Bonchev–Trinajstić information content (AvgIpc) is 3.11. The second kappa shape index (κ2) is 5.04. The Balaban J connectivity index is 1.85. The molecule has 3 N–H and O–H groups in total. The van der Waals surface area contributed by atoms with E-state index in [-0.39, 0.29) is 0 Å². The molecule has 0 aliphatic rings. The van der Waals surface area contributed by atoms with E-state index in [0.717, 1.165) is 21.9 Å². The minimum absolute atomic E-state index is 0.360. The molecular weight excluding hydrogens is 309 g/mol. The lowest BCUT2D eigenvalue weighted by atomic mass is 10.2. The molecule has 4 rings (SSSR count). The summed E-state index contributed by atoms with van der Waals surface area (Å²) in [5.41, 5.74) is 9.82. The number of aromatic nitrogens is 6. The number of hydrogen-bond acceptors (Lipinski definition) is 5. The molecule has 3 heterocycles. The fourth-order valence-electron chi connectivity index (χ4n) is 2.40. The Morgan fingerprint density at radius 3 is 2.96 bits per heavy atom. The van der Waals surface area contributed by atoms with Crippen LogP contribution >= 0.6 is 9.24 Å². The topological polar surface area (TPSA) is 98.3 Å². The standard InChI is InChI=1S/C15H12N7P/c1-22-7-19-10-4-8(12(23)5-11(10)22)2-3-9-13-14(16)17-6-18-15(13)21-20-9/h4-7H,23H2,1H3,(H3,16,17,18,20,21). The van der Waals surface area contributed by atoms with E-state index in [0.29, 0.717) is 22.5 Å². The summed E-state index contributed by atoms with van der Waals surface area (Å²) in [7, 11) is 4.66. The molecule has 0 bridgehead atoms. The highest BCUT2D eigenvalue weighted by molar-refractivity contribution is 7.27. The maximum Gasteiger partial charge on any atom is 0.162 e. The van der Waals surface area contributed by atoms with E-state index >= 15 is 0 Å². The first-order chi connectivity index (χ1) is 11.1. The van der Waals surface area contributed by atoms with Crippen LogP contribution < -0.4 is 11.0 Å². The van der Waals surface area contributed by atoms with Crippen LogP contribution in [0.15, 0.2) is 24.8 Å². The van der Waals surface area contributed by atoms with E-state index < -0.39 is 0 Å². The number of anilines is 1. The molecule has 112 valence electrons. The van der Waals surface area contributed by atoms with Crippen LogP contribution in [0.1, 0.15) is 11.3 Å². The van der Waals surface area contributed by atoms with Crippen molar-refractivity contribution in [2.45, 2.75) is 0 Å². The summed E-state index contributed by atoms with van der Waals surface area (Å²) in [6.45, 7) is 0. The van der Waals surface area contributed by atoms with E-state index in [2.05, 4.69) is 46.2 Å². The molecule has 0 saturated heterocycles. The predicted octanol–water partition coefficient (Wildman–Crippen LogP) is 0.722. The molecule has 23 heavy (non-hydrogen) atoms. The van der Waals surface area contributed by atoms with Crippen molar-refractivity contribution < 1.29 is 0 Å².